The fourth-order valence-corrected chi connectivity index (χ4v) is 15.1. The van der Waals surface area contributed by atoms with E-state index in [0.717, 1.165) is 95.6 Å². The van der Waals surface area contributed by atoms with Crippen LogP contribution in [-0.4, -0.2) is 83.7 Å². The van der Waals surface area contributed by atoms with Crippen LogP contribution in [0.1, 0.15) is 161 Å². The van der Waals surface area contributed by atoms with Crippen molar-refractivity contribution in [3.05, 3.63) is 0 Å². The van der Waals surface area contributed by atoms with Crippen LogP contribution in [0.25, 0.3) is 0 Å². The van der Waals surface area contributed by atoms with Gasteiger partial charge in [-0.15, -0.1) is 0 Å². The molecule has 18 atom stereocenters. The quantitative estimate of drug-likeness (QED) is 0.166. The predicted molar refractivity (Wildman–Crippen MR) is 228 cm³/mol. The summed E-state index contributed by atoms with van der Waals surface area (Å²) in [4.78, 5) is 26.4. The molecule has 9 N–H and O–H groups in total. The van der Waals surface area contributed by atoms with Crippen molar-refractivity contribution in [2.75, 3.05) is 20.2 Å². The number of hydrogen-bond donors (Lipinski definition) is 6. The number of fused-ring (bicyclic) bond motifs is 3. The average molecular weight is 822 g/mol. The maximum absolute atomic E-state index is 14.3. The van der Waals surface area contributed by atoms with Gasteiger partial charge in [0.05, 0.1) is 50.0 Å². The normalized spacial score (nSPS) is 45.3. The lowest BCUT2D eigenvalue weighted by molar-refractivity contribution is -0.711. The summed E-state index contributed by atoms with van der Waals surface area (Å²) in [5, 5.41) is 40.0. The minimum atomic E-state index is -1.03. The first-order valence-corrected chi connectivity index (χ1v) is 25.1. The predicted octanol–water partition coefficient (Wildman–Crippen LogP) is 4.63. The van der Waals surface area contributed by atoms with Crippen LogP contribution in [0.15, 0.2) is 0 Å². The van der Waals surface area contributed by atoms with E-state index in [9.17, 15) is 24.9 Å². The second kappa shape index (κ2) is 20.0. The summed E-state index contributed by atoms with van der Waals surface area (Å²) in [7, 11) is 1.68. The molecular weight excluding hydrogens is 739 g/mol. The van der Waals surface area contributed by atoms with E-state index in [2.05, 4.69) is 22.5 Å². The zero-order chi connectivity index (χ0) is 41.1. The lowest BCUT2D eigenvalue weighted by Gasteiger charge is -2.45. The standard InChI is InChI=1S/C50H81N3O6/c1-59-46-25-37-12-15-47(57)50(19-16-31(23-48(50)58)6-7-32-22-39-11-14-41(55)28-44(39)53-30-32)20-17-34(43(37)29-45(46)56)10-13-40(54)27-42(38-18-21-52-49(51)26-38)36-9-8-33-4-2-3-5-35(33)24-36/h31-40,42-46,48-49,52-54,56,58H,2-16,18-19,21-30,51H2,1H3/p+2. The number of quaternary nitrogens is 2. The van der Waals surface area contributed by atoms with Gasteiger partial charge in [0, 0.05) is 44.1 Å². The zero-order valence-electron chi connectivity index (χ0n) is 36.7. The molecule has 0 aromatic carbocycles. The maximum Gasteiger partial charge on any atom is 0.153 e. The molecule has 5 saturated carbocycles. The Morgan fingerprint density at radius 3 is 2.42 bits per heavy atom. The Kier molecular flexibility index (Phi) is 15.0. The average Bonchev–Trinajstić information content (AvgIpc) is 3.29. The van der Waals surface area contributed by atoms with Gasteiger partial charge in [0.2, 0.25) is 0 Å². The molecule has 7 fully saturated rings. The van der Waals surface area contributed by atoms with Gasteiger partial charge >= 0.3 is 0 Å². The molecule has 0 aromatic rings. The van der Waals surface area contributed by atoms with Crippen LogP contribution in [0, 0.1) is 82.4 Å². The molecule has 2 aliphatic heterocycles. The SMILES string of the molecule is COC1CC2CCC(=O)C3(C#CC(CCC(O)CC(C4CC[NH2+]C(N)C4)C4CCC5CCCCC5C4)C2CC1O)CCC(CCC1C[NH2+]C2CC(=O)CCC2C1)CC3O. The maximum atomic E-state index is 14.3. The van der Waals surface area contributed by atoms with Crippen molar-refractivity contribution in [1.82, 2.24) is 0 Å². The van der Waals surface area contributed by atoms with Crippen LogP contribution in [-0.2, 0) is 14.3 Å². The van der Waals surface area contributed by atoms with Crippen LogP contribution >= 0.6 is 0 Å². The van der Waals surface area contributed by atoms with E-state index >= 15 is 0 Å². The summed E-state index contributed by atoms with van der Waals surface area (Å²) < 4.78 is 5.77. The van der Waals surface area contributed by atoms with Gasteiger partial charge in [-0.25, -0.2) is 0 Å². The molecular formula is C50H83N3O6+2. The fraction of sp³-hybridized carbons (Fsp3) is 0.920. The molecule has 1 spiro atoms. The Labute approximate surface area is 356 Å². The fourth-order valence-electron chi connectivity index (χ4n) is 15.1. The largest absolute Gasteiger partial charge is 0.393 e. The van der Waals surface area contributed by atoms with Crippen LogP contribution in [0.2, 0.25) is 0 Å². The minimum absolute atomic E-state index is 0.0508. The first-order chi connectivity index (χ1) is 28.6. The summed E-state index contributed by atoms with van der Waals surface area (Å²) in [6, 6.07) is 0.485. The summed E-state index contributed by atoms with van der Waals surface area (Å²) in [5.74, 6) is 13.3. The Balaban J connectivity index is 0.943. The van der Waals surface area contributed by atoms with Crippen molar-refractivity contribution in [1.29, 1.82) is 0 Å². The highest BCUT2D eigenvalue weighted by molar-refractivity contribution is 5.89. The topological polar surface area (TPSA) is 163 Å². The van der Waals surface area contributed by atoms with Crippen molar-refractivity contribution in [2.45, 2.75) is 197 Å². The highest BCUT2D eigenvalue weighted by atomic mass is 16.5. The molecule has 8 rings (SSSR count). The van der Waals surface area contributed by atoms with Crippen LogP contribution in [0.3, 0.4) is 0 Å². The molecule has 59 heavy (non-hydrogen) atoms. The molecule has 6 aliphatic carbocycles. The lowest BCUT2D eigenvalue weighted by atomic mass is 9.61. The molecule has 0 bridgehead atoms. The molecule has 2 heterocycles. The minimum Gasteiger partial charge on any atom is -0.393 e. The third-order valence-corrected chi connectivity index (χ3v) is 18.7. The van der Waals surface area contributed by atoms with E-state index in [1.165, 1.54) is 57.8 Å². The number of piperidine rings is 2. The van der Waals surface area contributed by atoms with Gasteiger partial charge in [-0.1, -0.05) is 37.5 Å². The zero-order valence-corrected chi connectivity index (χ0v) is 36.7. The van der Waals surface area contributed by atoms with Crippen molar-refractivity contribution < 1.29 is 40.3 Å². The van der Waals surface area contributed by atoms with Crippen LogP contribution in [0.5, 0.6) is 0 Å². The number of ether oxygens (including phenoxy) is 1. The van der Waals surface area contributed by atoms with Crippen molar-refractivity contribution in [2.24, 2.45) is 76.2 Å². The first kappa shape index (κ1) is 44.2. The molecule has 0 radical (unpaired) electrons. The number of aliphatic hydroxyl groups is 3. The number of rotatable bonds is 11. The number of ketones is 2. The number of nitrogens with two attached hydrogens (primary N) is 3. The second-order valence-electron chi connectivity index (χ2n) is 22.0. The summed E-state index contributed by atoms with van der Waals surface area (Å²) >= 11 is 0. The monoisotopic (exact) mass is 822 g/mol. The van der Waals surface area contributed by atoms with Gasteiger partial charge in [-0.3, -0.25) is 15.3 Å². The number of aliphatic hydroxyl groups excluding tert-OH is 3. The van der Waals surface area contributed by atoms with E-state index in [0.29, 0.717) is 79.4 Å². The first-order valence-electron chi connectivity index (χ1n) is 25.1. The molecule has 18 unspecified atom stereocenters. The third-order valence-electron chi connectivity index (χ3n) is 18.7. The van der Waals surface area contributed by atoms with E-state index in [-0.39, 0.29) is 35.8 Å². The number of carbonyl (C=O) groups is 2. The van der Waals surface area contributed by atoms with Crippen LogP contribution < -0.4 is 16.4 Å². The summed E-state index contributed by atoms with van der Waals surface area (Å²) in [6.45, 7) is 2.18. The third kappa shape index (κ3) is 10.4. The molecule has 2 saturated heterocycles. The van der Waals surface area contributed by atoms with Gasteiger partial charge in [-0.05, 0) is 156 Å². The van der Waals surface area contributed by atoms with Gasteiger partial charge in [0.1, 0.15) is 17.4 Å². The Bertz CT molecular complexity index is 1480. The van der Waals surface area contributed by atoms with Crippen molar-refractivity contribution in [3.8, 4) is 11.8 Å². The smallest absolute Gasteiger partial charge is 0.153 e. The van der Waals surface area contributed by atoms with E-state index in [4.69, 9.17) is 10.5 Å². The molecule has 332 valence electrons. The molecule has 0 aromatic heterocycles. The van der Waals surface area contributed by atoms with Crippen LogP contribution in [0.4, 0.5) is 0 Å². The number of carbonyl (C=O) groups excluding carboxylic acids is 2. The van der Waals surface area contributed by atoms with E-state index < -0.39 is 23.7 Å². The van der Waals surface area contributed by atoms with E-state index in [1.807, 2.05) is 0 Å². The number of hydrogen-bond acceptors (Lipinski definition) is 7. The summed E-state index contributed by atoms with van der Waals surface area (Å²) in [6.07, 6.45) is 22.9. The Hall–Kier alpha value is -1.38. The number of Topliss-reactive ketones (excluding diaryl/α,β-unsaturated/α-hetero) is 2. The number of methoxy groups -OCH3 is 1. The second-order valence-corrected chi connectivity index (χ2v) is 22.0. The van der Waals surface area contributed by atoms with Gasteiger partial charge in [0.15, 0.2) is 5.78 Å². The Morgan fingerprint density at radius 1 is 0.814 bits per heavy atom. The Morgan fingerprint density at radius 2 is 1.61 bits per heavy atom. The molecule has 8 aliphatic rings. The van der Waals surface area contributed by atoms with Gasteiger partial charge in [0.25, 0.3) is 0 Å². The lowest BCUT2D eigenvalue weighted by Crippen LogP contribution is -2.95. The molecule has 0 amide bonds. The van der Waals surface area contributed by atoms with Gasteiger partial charge in [-0.2, -0.15) is 0 Å². The van der Waals surface area contributed by atoms with E-state index in [1.54, 1.807) is 7.11 Å². The van der Waals surface area contributed by atoms with Crippen molar-refractivity contribution >= 4 is 11.6 Å². The molecule has 9 nitrogen and oxygen atoms in total. The van der Waals surface area contributed by atoms with Gasteiger partial charge < -0.3 is 30.7 Å². The highest BCUT2D eigenvalue weighted by Gasteiger charge is 2.50. The highest BCUT2D eigenvalue weighted by Crippen LogP contribution is 2.50. The van der Waals surface area contributed by atoms with Crippen molar-refractivity contribution in [3.63, 3.8) is 0 Å². The summed E-state index contributed by atoms with van der Waals surface area (Å²) in [5.41, 5.74) is 5.53. The molecule has 9 heteroatoms.